The number of ether oxygens (including phenoxy) is 2. The van der Waals surface area contributed by atoms with Gasteiger partial charge in [-0.05, 0) is 6.92 Å². The molecule has 1 unspecified atom stereocenters. The summed E-state index contributed by atoms with van der Waals surface area (Å²) < 4.78 is 12.9. The lowest BCUT2D eigenvalue weighted by molar-refractivity contribution is 0.133. The van der Waals surface area contributed by atoms with Crippen LogP contribution in [-0.2, 0) is 18.3 Å². The van der Waals surface area contributed by atoms with Crippen molar-refractivity contribution in [2.45, 2.75) is 26.0 Å². The van der Waals surface area contributed by atoms with Crippen LogP contribution in [0.4, 0.5) is 0 Å². The summed E-state index contributed by atoms with van der Waals surface area (Å²) in [7, 11) is 1.87. The van der Waals surface area contributed by atoms with Crippen molar-refractivity contribution < 1.29 is 9.47 Å². The van der Waals surface area contributed by atoms with Crippen LogP contribution in [0.2, 0.25) is 0 Å². The highest BCUT2D eigenvalue weighted by molar-refractivity contribution is 5.30. The number of rotatable bonds is 3. The SMILES string of the molecule is Cc1nn(C)c(OC2CCOC2)c1CN. The molecule has 1 fully saturated rings. The van der Waals surface area contributed by atoms with E-state index in [4.69, 9.17) is 15.2 Å². The van der Waals surface area contributed by atoms with E-state index in [1.165, 1.54) is 0 Å². The van der Waals surface area contributed by atoms with Gasteiger partial charge in [-0.2, -0.15) is 5.10 Å². The molecule has 1 aliphatic heterocycles. The second kappa shape index (κ2) is 4.20. The Morgan fingerprint density at radius 1 is 1.67 bits per heavy atom. The van der Waals surface area contributed by atoms with Gasteiger partial charge in [0.15, 0.2) is 0 Å². The highest BCUT2D eigenvalue weighted by Crippen LogP contribution is 2.23. The number of nitrogens with two attached hydrogens (primary N) is 1. The monoisotopic (exact) mass is 211 g/mol. The van der Waals surface area contributed by atoms with Gasteiger partial charge in [0.1, 0.15) is 6.10 Å². The zero-order valence-electron chi connectivity index (χ0n) is 9.19. The highest BCUT2D eigenvalue weighted by atomic mass is 16.6. The van der Waals surface area contributed by atoms with E-state index in [1.54, 1.807) is 4.68 Å². The van der Waals surface area contributed by atoms with Gasteiger partial charge in [-0.15, -0.1) is 0 Å². The summed E-state index contributed by atoms with van der Waals surface area (Å²) in [5.74, 6) is 0.783. The molecule has 0 aromatic carbocycles. The van der Waals surface area contributed by atoms with Gasteiger partial charge in [-0.1, -0.05) is 0 Å². The average molecular weight is 211 g/mol. The number of hydrogen-bond donors (Lipinski definition) is 1. The molecule has 5 heteroatoms. The lowest BCUT2D eigenvalue weighted by Gasteiger charge is -2.13. The van der Waals surface area contributed by atoms with Gasteiger partial charge in [0.25, 0.3) is 0 Å². The van der Waals surface area contributed by atoms with Crippen LogP contribution in [0.3, 0.4) is 0 Å². The molecule has 5 nitrogen and oxygen atoms in total. The molecular weight excluding hydrogens is 194 g/mol. The zero-order chi connectivity index (χ0) is 10.8. The molecule has 1 atom stereocenters. The lowest BCUT2D eigenvalue weighted by Crippen LogP contribution is -2.18. The van der Waals surface area contributed by atoms with E-state index in [1.807, 2.05) is 14.0 Å². The van der Waals surface area contributed by atoms with Gasteiger partial charge >= 0.3 is 0 Å². The third kappa shape index (κ3) is 1.98. The Morgan fingerprint density at radius 2 is 2.47 bits per heavy atom. The van der Waals surface area contributed by atoms with Gasteiger partial charge in [-0.3, -0.25) is 0 Å². The molecule has 1 aromatic heterocycles. The first kappa shape index (κ1) is 10.4. The summed E-state index contributed by atoms with van der Waals surface area (Å²) in [6.07, 6.45) is 1.08. The molecule has 0 radical (unpaired) electrons. The Labute approximate surface area is 89.2 Å². The predicted octanol–water partition coefficient (Wildman–Crippen LogP) is 0.355. The normalized spacial score (nSPS) is 20.9. The molecule has 0 bridgehead atoms. The maximum Gasteiger partial charge on any atom is 0.216 e. The summed E-state index contributed by atoms with van der Waals surface area (Å²) in [6.45, 7) is 3.84. The molecule has 2 N–H and O–H groups in total. The number of aromatic nitrogens is 2. The standard InChI is InChI=1S/C10H17N3O2/c1-7-9(5-11)10(13(2)12-7)15-8-3-4-14-6-8/h8H,3-6,11H2,1-2H3. The van der Waals surface area contributed by atoms with Crippen molar-refractivity contribution in [1.29, 1.82) is 0 Å². The van der Waals surface area contributed by atoms with Gasteiger partial charge in [-0.25, -0.2) is 4.68 Å². The van der Waals surface area contributed by atoms with E-state index in [2.05, 4.69) is 5.10 Å². The Bertz CT molecular complexity index is 343. The van der Waals surface area contributed by atoms with Crippen LogP contribution in [0, 0.1) is 6.92 Å². The van der Waals surface area contributed by atoms with E-state index >= 15 is 0 Å². The quantitative estimate of drug-likeness (QED) is 0.784. The lowest BCUT2D eigenvalue weighted by atomic mass is 10.2. The van der Waals surface area contributed by atoms with Crippen LogP contribution in [0.1, 0.15) is 17.7 Å². The Morgan fingerprint density at radius 3 is 3.07 bits per heavy atom. The smallest absolute Gasteiger partial charge is 0.216 e. The molecule has 1 aromatic rings. The van der Waals surface area contributed by atoms with Gasteiger partial charge < -0.3 is 15.2 Å². The van der Waals surface area contributed by atoms with Crippen LogP contribution in [0.25, 0.3) is 0 Å². The van der Waals surface area contributed by atoms with E-state index in [9.17, 15) is 0 Å². The summed E-state index contributed by atoms with van der Waals surface area (Å²) >= 11 is 0. The van der Waals surface area contributed by atoms with E-state index in [0.29, 0.717) is 13.2 Å². The van der Waals surface area contributed by atoms with E-state index < -0.39 is 0 Å². The van der Waals surface area contributed by atoms with Crippen LogP contribution in [-0.4, -0.2) is 29.1 Å². The fourth-order valence-electron chi connectivity index (χ4n) is 1.83. The minimum atomic E-state index is 0.144. The maximum absolute atomic E-state index is 5.84. The highest BCUT2D eigenvalue weighted by Gasteiger charge is 2.21. The molecular formula is C10H17N3O2. The van der Waals surface area contributed by atoms with Crippen molar-refractivity contribution in [2.24, 2.45) is 12.8 Å². The summed E-state index contributed by atoms with van der Waals surface area (Å²) in [6, 6.07) is 0. The minimum absolute atomic E-state index is 0.144. The molecule has 1 aliphatic rings. The second-order valence-electron chi connectivity index (χ2n) is 3.80. The number of nitrogens with zero attached hydrogens (tertiary/aromatic N) is 2. The molecule has 0 aliphatic carbocycles. The summed E-state index contributed by atoms with van der Waals surface area (Å²) in [5.41, 5.74) is 7.60. The first-order valence-electron chi connectivity index (χ1n) is 5.19. The Balaban J connectivity index is 2.18. The fraction of sp³-hybridized carbons (Fsp3) is 0.700. The topological polar surface area (TPSA) is 62.3 Å². The molecule has 0 spiro atoms. The van der Waals surface area contributed by atoms with Crippen molar-refractivity contribution in [1.82, 2.24) is 9.78 Å². The van der Waals surface area contributed by atoms with E-state index in [0.717, 1.165) is 30.2 Å². The van der Waals surface area contributed by atoms with Crippen LogP contribution in [0.5, 0.6) is 5.88 Å². The molecule has 2 rings (SSSR count). The number of aryl methyl sites for hydroxylation is 2. The Hall–Kier alpha value is -1.07. The van der Waals surface area contributed by atoms with Crippen molar-refractivity contribution in [3.8, 4) is 5.88 Å². The van der Waals surface area contributed by atoms with Gasteiger partial charge in [0, 0.05) is 20.0 Å². The van der Waals surface area contributed by atoms with Crippen molar-refractivity contribution in [3.63, 3.8) is 0 Å². The molecule has 1 saturated heterocycles. The first-order valence-corrected chi connectivity index (χ1v) is 5.19. The van der Waals surface area contributed by atoms with E-state index in [-0.39, 0.29) is 6.10 Å². The molecule has 15 heavy (non-hydrogen) atoms. The number of hydrogen-bond acceptors (Lipinski definition) is 4. The largest absolute Gasteiger partial charge is 0.472 e. The maximum atomic E-state index is 5.84. The molecule has 0 saturated carbocycles. The molecule has 84 valence electrons. The minimum Gasteiger partial charge on any atom is -0.472 e. The summed E-state index contributed by atoms with van der Waals surface area (Å²) in [4.78, 5) is 0. The fourth-order valence-corrected chi connectivity index (χ4v) is 1.83. The third-order valence-corrected chi connectivity index (χ3v) is 2.66. The summed E-state index contributed by atoms with van der Waals surface area (Å²) in [5, 5.41) is 4.29. The second-order valence-corrected chi connectivity index (χ2v) is 3.80. The zero-order valence-corrected chi connectivity index (χ0v) is 9.19. The van der Waals surface area contributed by atoms with Crippen molar-refractivity contribution in [2.75, 3.05) is 13.2 Å². The third-order valence-electron chi connectivity index (χ3n) is 2.66. The molecule has 0 amide bonds. The van der Waals surface area contributed by atoms with Crippen LogP contribution in [0.15, 0.2) is 0 Å². The van der Waals surface area contributed by atoms with Crippen molar-refractivity contribution >= 4 is 0 Å². The molecule has 2 heterocycles. The van der Waals surface area contributed by atoms with Gasteiger partial charge in [0.05, 0.1) is 24.5 Å². The first-order chi connectivity index (χ1) is 7.22. The predicted molar refractivity (Wildman–Crippen MR) is 55.7 cm³/mol. The van der Waals surface area contributed by atoms with Crippen molar-refractivity contribution in [3.05, 3.63) is 11.3 Å². The van der Waals surface area contributed by atoms with Crippen LogP contribution >= 0.6 is 0 Å². The Kier molecular flexibility index (Phi) is 2.93. The average Bonchev–Trinajstić information content (AvgIpc) is 2.77. The van der Waals surface area contributed by atoms with Crippen LogP contribution < -0.4 is 10.5 Å². The van der Waals surface area contributed by atoms with Gasteiger partial charge in [0.2, 0.25) is 5.88 Å².